The highest BCUT2D eigenvalue weighted by atomic mass is 32.2. The number of fused-ring (bicyclic) bond motifs is 2. The number of imide groups is 1. The molecule has 0 radical (unpaired) electrons. The van der Waals surface area contributed by atoms with E-state index in [1.54, 1.807) is 24.3 Å². The third-order valence-corrected chi connectivity index (χ3v) is 8.13. The molecule has 2 aliphatic rings. The Hall–Kier alpha value is -3.05. The van der Waals surface area contributed by atoms with E-state index in [-0.39, 0.29) is 10.6 Å². The van der Waals surface area contributed by atoms with Crippen LogP contribution < -0.4 is 14.5 Å². The molecule has 3 heterocycles. The van der Waals surface area contributed by atoms with Crippen LogP contribution in [0.2, 0.25) is 0 Å². The second-order valence-electron chi connectivity index (χ2n) is 7.55. The first kappa shape index (κ1) is 21.8. The summed E-state index contributed by atoms with van der Waals surface area (Å²) in [5.41, 5.74) is -0.461. The number of H-pyrrole nitrogens is 1. The fourth-order valence-electron chi connectivity index (χ4n) is 4.35. The van der Waals surface area contributed by atoms with Gasteiger partial charge in [-0.05, 0) is 24.3 Å². The number of anilines is 1. The molecule has 3 aromatic rings. The van der Waals surface area contributed by atoms with Gasteiger partial charge < -0.3 is 9.72 Å². The fourth-order valence-corrected chi connectivity index (χ4v) is 6.86. The van der Waals surface area contributed by atoms with Gasteiger partial charge in [0.25, 0.3) is 0 Å². The number of amides is 2. The van der Waals surface area contributed by atoms with Gasteiger partial charge in [-0.1, -0.05) is 47.4 Å². The second-order valence-corrected chi connectivity index (χ2v) is 9.72. The molecule has 3 atom stereocenters. The Balaban J connectivity index is 1.65. The summed E-state index contributed by atoms with van der Waals surface area (Å²) in [6, 6.07) is 11.2. The lowest BCUT2D eigenvalue weighted by Crippen LogP contribution is -2.32. The lowest BCUT2D eigenvalue weighted by molar-refractivity contribution is -0.137. The number of rotatable bonds is 3. The van der Waals surface area contributed by atoms with Gasteiger partial charge in [-0.15, -0.1) is 0 Å². The topological polar surface area (TPSA) is 79.5 Å². The number of benzene rings is 2. The number of para-hydroxylation sites is 1. The van der Waals surface area contributed by atoms with E-state index in [1.165, 1.54) is 19.2 Å². The highest BCUT2D eigenvalue weighted by molar-refractivity contribution is 8.00. The predicted molar refractivity (Wildman–Crippen MR) is 117 cm³/mol. The molecule has 3 unspecified atom stereocenters. The average molecular weight is 493 g/mol. The molecule has 0 saturated carbocycles. The van der Waals surface area contributed by atoms with E-state index in [0.29, 0.717) is 21.2 Å². The molecule has 1 aromatic heterocycles. The van der Waals surface area contributed by atoms with Crippen molar-refractivity contribution in [1.29, 1.82) is 0 Å². The van der Waals surface area contributed by atoms with Crippen molar-refractivity contribution in [3.8, 4) is 5.75 Å². The Bertz CT molecular complexity index is 1330. The Labute approximate surface area is 193 Å². The third kappa shape index (κ3) is 3.46. The predicted octanol–water partition coefficient (Wildman–Crippen LogP) is 4.26. The van der Waals surface area contributed by atoms with E-state index in [1.807, 2.05) is 0 Å². The molecule has 170 valence electrons. The normalized spacial score (nSPS) is 22.3. The number of ether oxygens (including phenoxy) is 1. The van der Waals surface area contributed by atoms with E-state index in [2.05, 4.69) is 4.98 Å². The molecule has 0 aliphatic carbocycles. The molecule has 2 aliphatic heterocycles. The standard InChI is InChI=1S/C22H15F3N2O4S2/c1-31-13-8-3-2-7-12(13)14-15-17(32-18-16(14)33-21(30)26-18)20(29)27(19(15)28)11-6-4-5-10(9-11)22(23,24)25/h2-9,14-15,17H,1H3,(H,26,30). The summed E-state index contributed by atoms with van der Waals surface area (Å²) in [5, 5.41) is -0.422. The van der Waals surface area contributed by atoms with Crippen LogP contribution in [0.4, 0.5) is 18.9 Å². The van der Waals surface area contributed by atoms with E-state index in [4.69, 9.17) is 4.74 Å². The van der Waals surface area contributed by atoms with Gasteiger partial charge in [0.1, 0.15) is 11.0 Å². The number of halogens is 3. The molecule has 0 bridgehead atoms. The molecular weight excluding hydrogens is 477 g/mol. The molecule has 11 heteroatoms. The first-order chi connectivity index (χ1) is 15.7. The van der Waals surface area contributed by atoms with Crippen LogP contribution >= 0.6 is 23.1 Å². The molecule has 6 nitrogen and oxygen atoms in total. The maximum absolute atomic E-state index is 13.6. The minimum absolute atomic E-state index is 0.134. The largest absolute Gasteiger partial charge is 0.496 e. The van der Waals surface area contributed by atoms with Crippen LogP contribution in [-0.2, 0) is 15.8 Å². The van der Waals surface area contributed by atoms with Crippen molar-refractivity contribution >= 4 is 40.6 Å². The maximum atomic E-state index is 13.6. The summed E-state index contributed by atoms with van der Waals surface area (Å²) in [6.07, 6.45) is -4.62. The Kier molecular flexibility index (Phi) is 5.13. The monoisotopic (exact) mass is 492 g/mol. The number of hydrogen-bond acceptors (Lipinski definition) is 6. The van der Waals surface area contributed by atoms with Crippen LogP contribution in [0.5, 0.6) is 5.75 Å². The number of thiazole rings is 1. The van der Waals surface area contributed by atoms with Gasteiger partial charge in [0.05, 0.1) is 29.3 Å². The number of aromatic nitrogens is 1. The molecule has 1 saturated heterocycles. The smallest absolute Gasteiger partial charge is 0.416 e. The number of hydrogen-bond donors (Lipinski definition) is 1. The second kappa shape index (κ2) is 7.77. The van der Waals surface area contributed by atoms with Crippen molar-refractivity contribution in [2.24, 2.45) is 5.92 Å². The van der Waals surface area contributed by atoms with Crippen LogP contribution in [-0.4, -0.2) is 29.2 Å². The van der Waals surface area contributed by atoms with Crippen LogP contribution in [0.25, 0.3) is 0 Å². The number of nitrogens with zero attached hydrogens (tertiary/aromatic N) is 1. The van der Waals surface area contributed by atoms with Crippen molar-refractivity contribution in [2.45, 2.75) is 22.4 Å². The van der Waals surface area contributed by atoms with Crippen molar-refractivity contribution in [2.75, 3.05) is 12.0 Å². The Morgan fingerprint density at radius 1 is 1.03 bits per heavy atom. The SMILES string of the molecule is COc1ccccc1C1c2sc(=O)[nH]c2SC2C(=O)N(c3cccc(C(F)(F)F)c3)C(=O)C21. The van der Waals surface area contributed by atoms with Crippen LogP contribution in [0.3, 0.4) is 0 Å². The summed E-state index contributed by atoms with van der Waals surface area (Å²) >= 11 is 2.01. The lowest BCUT2D eigenvalue weighted by Gasteiger charge is -2.30. The molecule has 2 aromatic carbocycles. The number of aromatic amines is 1. The quantitative estimate of drug-likeness (QED) is 0.553. The molecule has 33 heavy (non-hydrogen) atoms. The number of carbonyl (C=O) groups is 2. The van der Waals surface area contributed by atoms with Gasteiger partial charge in [-0.2, -0.15) is 13.2 Å². The third-order valence-electron chi connectivity index (χ3n) is 5.73. The van der Waals surface area contributed by atoms with E-state index in [9.17, 15) is 27.6 Å². The van der Waals surface area contributed by atoms with Gasteiger partial charge in [0, 0.05) is 16.4 Å². The summed E-state index contributed by atoms with van der Waals surface area (Å²) in [4.78, 5) is 42.9. The lowest BCUT2D eigenvalue weighted by atomic mass is 9.82. The summed E-state index contributed by atoms with van der Waals surface area (Å²) in [6.45, 7) is 0. The number of nitrogens with one attached hydrogen (secondary N) is 1. The average Bonchev–Trinajstić information content (AvgIpc) is 3.28. The van der Waals surface area contributed by atoms with Crippen LogP contribution in [0.15, 0.2) is 58.4 Å². The van der Waals surface area contributed by atoms with Crippen LogP contribution in [0, 0.1) is 5.92 Å². The number of thioether (sulfide) groups is 1. The minimum Gasteiger partial charge on any atom is -0.496 e. The Morgan fingerprint density at radius 3 is 2.52 bits per heavy atom. The summed E-state index contributed by atoms with van der Waals surface area (Å²) in [7, 11) is 1.48. The van der Waals surface area contributed by atoms with E-state index in [0.717, 1.165) is 40.1 Å². The van der Waals surface area contributed by atoms with Gasteiger partial charge in [-0.3, -0.25) is 14.4 Å². The zero-order chi connectivity index (χ0) is 23.5. The molecular formula is C22H15F3N2O4S2. The maximum Gasteiger partial charge on any atom is 0.416 e. The zero-order valence-electron chi connectivity index (χ0n) is 16.9. The molecule has 5 rings (SSSR count). The highest BCUT2D eigenvalue weighted by Crippen LogP contribution is 2.54. The van der Waals surface area contributed by atoms with Crippen molar-refractivity contribution < 1.29 is 27.5 Å². The van der Waals surface area contributed by atoms with Gasteiger partial charge in [0.2, 0.25) is 11.8 Å². The number of carbonyl (C=O) groups excluding carboxylic acids is 2. The first-order valence-corrected chi connectivity index (χ1v) is 11.5. The zero-order valence-corrected chi connectivity index (χ0v) is 18.5. The van der Waals surface area contributed by atoms with E-state index < -0.39 is 40.6 Å². The highest BCUT2D eigenvalue weighted by Gasteiger charge is 2.57. The molecule has 1 N–H and O–H groups in total. The van der Waals surface area contributed by atoms with Gasteiger partial charge in [0.15, 0.2) is 0 Å². The van der Waals surface area contributed by atoms with Gasteiger partial charge >= 0.3 is 11.0 Å². The van der Waals surface area contributed by atoms with Gasteiger partial charge in [-0.25, -0.2) is 4.90 Å². The van der Waals surface area contributed by atoms with Crippen molar-refractivity contribution in [3.63, 3.8) is 0 Å². The number of alkyl halides is 3. The fraction of sp³-hybridized carbons (Fsp3) is 0.227. The first-order valence-electron chi connectivity index (χ1n) is 9.78. The summed E-state index contributed by atoms with van der Waals surface area (Å²) in [5.74, 6) is -2.32. The Morgan fingerprint density at radius 2 is 1.79 bits per heavy atom. The molecule has 1 fully saturated rings. The molecule has 0 spiro atoms. The van der Waals surface area contributed by atoms with E-state index >= 15 is 0 Å². The van der Waals surface area contributed by atoms with Crippen molar-refractivity contribution in [3.05, 3.63) is 74.2 Å². The van der Waals surface area contributed by atoms with Crippen LogP contribution in [0.1, 0.15) is 21.9 Å². The number of methoxy groups -OCH3 is 1. The minimum atomic E-state index is -4.62. The summed E-state index contributed by atoms with van der Waals surface area (Å²) < 4.78 is 45.2. The van der Waals surface area contributed by atoms with Crippen molar-refractivity contribution in [1.82, 2.24) is 4.98 Å². The molecule has 2 amide bonds.